The highest BCUT2D eigenvalue weighted by Crippen LogP contribution is 2.15. The molecule has 0 saturated carbocycles. The molecule has 0 aliphatic rings. The summed E-state index contributed by atoms with van der Waals surface area (Å²) in [6.45, 7) is 1.82. The smallest absolute Gasteiger partial charge is 0.317 e. The van der Waals surface area contributed by atoms with E-state index >= 15 is 0 Å². The van der Waals surface area contributed by atoms with Gasteiger partial charge in [-0.15, -0.1) is 6.42 Å². The summed E-state index contributed by atoms with van der Waals surface area (Å²) in [6.07, 6.45) is 5.17. The van der Waals surface area contributed by atoms with E-state index in [2.05, 4.69) is 5.92 Å². The monoisotopic (exact) mass is 292 g/mol. The van der Waals surface area contributed by atoms with E-state index in [1.807, 2.05) is 0 Å². The van der Waals surface area contributed by atoms with Crippen LogP contribution in [0, 0.1) is 18.2 Å². The molecule has 1 rings (SSSR count). The van der Waals surface area contributed by atoms with E-state index in [4.69, 9.17) is 11.5 Å². The molecule has 1 aromatic rings. The fourth-order valence-electron chi connectivity index (χ4n) is 1.89. The number of amides is 1. The van der Waals surface area contributed by atoms with Crippen LogP contribution >= 0.6 is 0 Å². The number of anilines is 1. The third-order valence-corrected chi connectivity index (χ3v) is 2.79. The number of carboxylic acid groups (broad SMARTS) is 1. The van der Waals surface area contributed by atoms with Crippen molar-refractivity contribution >= 4 is 17.6 Å². The third-order valence-electron chi connectivity index (χ3n) is 2.79. The molecule has 0 saturated heterocycles. The molecule has 1 aromatic carbocycles. The predicted molar refractivity (Wildman–Crippen MR) is 77.3 cm³/mol. The van der Waals surface area contributed by atoms with Crippen LogP contribution in [0.15, 0.2) is 24.3 Å². The lowest BCUT2D eigenvalue weighted by molar-refractivity contribution is -0.138. The van der Waals surface area contributed by atoms with Crippen molar-refractivity contribution in [1.29, 1.82) is 0 Å². The lowest BCUT2D eigenvalue weighted by atomic mass is 10.2. The number of nitrogens with zero attached hydrogens (tertiary/aromatic N) is 2. The highest BCUT2D eigenvalue weighted by Gasteiger charge is 2.19. The molecule has 0 unspecified atom stereocenters. The Balaban J connectivity index is 2.80. The first-order chi connectivity index (χ1) is 9.97. The molecule has 0 aliphatic heterocycles. The standard InChI is InChI=1S/C15H17FN2O3/c1-3-9-17(11-15(20)21)10-14(19)18(4-2)13-7-5-12(16)6-8-13/h1,5-8H,4,9-11H2,2H3,(H,20,21). The highest BCUT2D eigenvalue weighted by molar-refractivity contribution is 5.94. The van der Waals surface area contributed by atoms with Crippen LogP contribution in [-0.4, -0.2) is 48.1 Å². The second-order valence-corrected chi connectivity index (χ2v) is 4.36. The Hall–Kier alpha value is -2.39. The quantitative estimate of drug-likeness (QED) is 0.767. The van der Waals surface area contributed by atoms with Gasteiger partial charge in [-0.2, -0.15) is 0 Å². The van der Waals surface area contributed by atoms with Crippen LogP contribution in [0.25, 0.3) is 0 Å². The van der Waals surface area contributed by atoms with E-state index in [-0.39, 0.29) is 31.4 Å². The number of benzene rings is 1. The second kappa shape index (κ2) is 8.02. The third kappa shape index (κ3) is 5.24. The van der Waals surface area contributed by atoms with Crippen molar-refractivity contribution < 1.29 is 19.1 Å². The summed E-state index contributed by atoms with van der Waals surface area (Å²) in [5.41, 5.74) is 0.555. The maximum atomic E-state index is 12.9. The zero-order chi connectivity index (χ0) is 15.8. The molecule has 5 nitrogen and oxygen atoms in total. The zero-order valence-electron chi connectivity index (χ0n) is 11.8. The number of likely N-dealkylation sites (N-methyl/N-ethyl adjacent to an activating group) is 1. The van der Waals surface area contributed by atoms with Crippen LogP contribution < -0.4 is 4.90 Å². The molecule has 0 aromatic heterocycles. The molecule has 0 atom stereocenters. The molecule has 0 fully saturated rings. The molecule has 1 N–H and O–H groups in total. The highest BCUT2D eigenvalue weighted by atomic mass is 19.1. The Morgan fingerprint density at radius 1 is 1.29 bits per heavy atom. The molecule has 6 heteroatoms. The molecule has 0 bridgehead atoms. The average molecular weight is 292 g/mol. The Morgan fingerprint density at radius 3 is 2.38 bits per heavy atom. The van der Waals surface area contributed by atoms with E-state index in [1.54, 1.807) is 6.92 Å². The molecule has 21 heavy (non-hydrogen) atoms. The van der Waals surface area contributed by atoms with E-state index in [0.29, 0.717) is 12.2 Å². The summed E-state index contributed by atoms with van der Waals surface area (Å²) in [4.78, 5) is 25.8. The number of rotatable bonds is 7. The maximum Gasteiger partial charge on any atom is 0.317 e. The summed E-state index contributed by atoms with van der Waals surface area (Å²) in [5, 5.41) is 8.79. The summed E-state index contributed by atoms with van der Waals surface area (Å²) < 4.78 is 12.9. The first kappa shape index (κ1) is 16.7. The summed E-state index contributed by atoms with van der Waals surface area (Å²) >= 11 is 0. The van der Waals surface area contributed by atoms with Gasteiger partial charge in [-0.1, -0.05) is 5.92 Å². The molecule has 0 radical (unpaired) electrons. The first-order valence-electron chi connectivity index (χ1n) is 6.41. The largest absolute Gasteiger partial charge is 0.480 e. The lowest BCUT2D eigenvalue weighted by Crippen LogP contribution is -2.42. The average Bonchev–Trinajstić information content (AvgIpc) is 2.41. The van der Waals surface area contributed by atoms with Crippen LogP contribution in [-0.2, 0) is 9.59 Å². The van der Waals surface area contributed by atoms with Crippen molar-refractivity contribution in [3.05, 3.63) is 30.1 Å². The van der Waals surface area contributed by atoms with Crippen molar-refractivity contribution in [2.45, 2.75) is 6.92 Å². The summed E-state index contributed by atoms with van der Waals surface area (Å²) in [5.74, 6) is 0.594. The van der Waals surface area contributed by atoms with Gasteiger partial charge in [0.05, 0.1) is 19.6 Å². The maximum absolute atomic E-state index is 12.9. The van der Waals surface area contributed by atoms with Gasteiger partial charge in [0.15, 0.2) is 0 Å². The van der Waals surface area contributed by atoms with Crippen molar-refractivity contribution in [3.8, 4) is 12.3 Å². The van der Waals surface area contributed by atoms with Gasteiger partial charge in [0.25, 0.3) is 0 Å². The fraction of sp³-hybridized carbons (Fsp3) is 0.333. The second-order valence-electron chi connectivity index (χ2n) is 4.36. The number of hydrogen-bond acceptors (Lipinski definition) is 3. The fourth-order valence-corrected chi connectivity index (χ4v) is 1.89. The molecular formula is C15H17FN2O3. The Morgan fingerprint density at radius 2 is 1.90 bits per heavy atom. The molecule has 112 valence electrons. The molecular weight excluding hydrogens is 275 g/mol. The predicted octanol–water partition coefficient (Wildman–Crippen LogP) is 1.20. The molecule has 0 heterocycles. The van der Waals surface area contributed by atoms with Crippen molar-refractivity contribution in [2.75, 3.05) is 31.1 Å². The summed E-state index contributed by atoms with van der Waals surface area (Å²) in [6, 6.07) is 5.53. The number of terminal acetylenes is 1. The first-order valence-corrected chi connectivity index (χ1v) is 6.41. The van der Waals surface area contributed by atoms with Crippen molar-refractivity contribution in [2.24, 2.45) is 0 Å². The number of aliphatic carboxylic acids is 1. The molecule has 0 spiro atoms. The van der Waals surface area contributed by atoms with Gasteiger partial charge in [-0.3, -0.25) is 14.5 Å². The number of carbonyl (C=O) groups is 2. The van der Waals surface area contributed by atoms with E-state index in [9.17, 15) is 14.0 Å². The van der Waals surface area contributed by atoms with Crippen LogP contribution in [0.1, 0.15) is 6.92 Å². The minimum atomic E-state index is -1.05. The topological polar surface area (TPSA) is 60.9 Å². The van der Waals surface area contributed by atoms with Gasteiger partial charge in [-0.05, 0) is 31.2 Å². The summed E-state index contributed by atoms with van der Waals surface area (Å²) in [7, 11) is 0. The minimum Gasteiger partial charge on any atom is -0.480 e. The van der Waals surface area contributed by atoms with Gasteiger partial charge in [0, 0.05) is 12.2 Å². The van der Waals surface area contributed by atoms with Crippen molar-refractivity contribution in [1.82, 2.24) is 4.90 Å². The van der Waals surface area contributed by atoms with Crippen LogP contribution in [0.2, 0.25) is 0 Å². The Labute approximate surface area is 123 Å². The van der Waals surface area contributed by atoms with Crippen LogP contribution in [0.4, 0.5) is 10.1 Å². The van der Waals surface area contributed by atoms with Crippen molar-refractivity contribution in [3.63, 3.8) is 0 Å². The molecule has 1 amide bonds. The van der Waals surface area contributed by atoms with E-state index < -0.39 is 5.97 Å². The van der Waals surface area contributed by atoms with Gasteiger partial charge in [0.2, 0.25) is 5.91 Å². The SMILES string of the molecule is C#CCN(CC(=O)O)CC(=O)N(CC)c1ccc(F)cc1. The zero-order valence-corrected chi connectivity index (χ0v) is 11.8. The number of halogens is 1. The van der Waals surface area contributed by atoms with Crippen LogP contribution in [0.3, 0.4) is 0 Å². The lowest BCUT2D eigenvalue weighted by Gasteiger charge is -2.24. The number of hydrogen-bond donors (Lipinski definition) is 1. The Kier molecular flexibility index (Phi) is 6.37. The van der Waals surface area contributed by atoms with Gasteiger partial charge >= 0.3 is 5.97 Å². The minimum absolute atomic E-state index is 0.0685. The van der Waals surface area contributed by atoms with E-state index in [0.717, 1.165) is 0 Å². The van der Waals surface area contributed by atoms with Gasteiger partial charge in [-0.25, -0.2) is 4.39 Å². The molecule has 0 aliphatic carbocycles. The van der Waals surface area contributed by atoms with Gasteiger partial charge < -0.3 is 10.0 Å². The van der Waals surface area contributed by atoms with E-state index in [1.165, 1.54) is 34.1 Å². The van der Waals surface area contributed by atoms with Gasteiger partial charge in [0.1, 0.15) is 5.82 Å². The van der Waals surface area contributed by atoms with Crippen LogP contribution in [0.5, 0.6) is 0 Å². The number of carbonyl (C=O) groups excluding carboxylic acids is 1. The normalized spacial score (nSPS) is 10.2. The number of carboxylic acids is 1. The Bertz CT molecular complexity index is 537.